The maximum Gasteiger partial charge on any atom is 0.282 e. The second-order valence-electron chi connectivity index (χ2n) is 5.81. The zero-order valence-electron chi connectivity index (χ0n) is 12.8. The van der Waals surface area contributed by atoms with Crippen LogP contribution < -0.4 is 10.2 Å². The minimum atomic E-state index is -2.61. The lowest BCUT2D eigenvalue weighted by atomic mass is 10.1. The molecule has 0 aliphatic carbocycles. The van der Waals surface area contributed by atoms with Gasteiger partial charge in [0.1, 0.15) is 0 Å². The quantitative estimate of drug-likeness (QED) is 0.785. The Morgan fingerprint density at radius 2 is 2.04 bits per heavy atom. The highest BCUT2D eigenvalue weighted by Gasteiger charge is 2.44. The van der Waals surface area contributed by atoms with Crippen LogP contribution in [0, 0.1) is 0 Å². The Kier molecular flexibility index (Phi) is 3.35. The topological polar surface area (TPSA) is 46.0 Å². The molecule has 124 valence electrons. The lowest BCUT2D eigenvalue weighted by Crippen LogP contribution is -2.56. The number of anilines is 2. The fourth-order valence-corrected chi connectivity index (χ4v) is 2.94. The molecule has 1 fully saturated rings. The SMILES string of the molecule is CNc1ccc(Cl)c(-n2cc3cc(N4CC(F)(F)C4)cnc3n2)c1. The molecule has 24 heavy (non-hydrogen) atoms. The Labute approximate surface area is 141 Å². The van der Waals surface area contributed by atoms with Gasteiger partial charge in [-0.2, -0.15) is 0 Å². The largest absolute Gasteiger partial charge is 0.388 e. The molecule has 0 saturated carbocycles. The van der Waals surface area contributed by atoms with Gasteiger partial charge in [0.05, 0.1) is 35.7 Å². The number of aromatic nitrogens is 3. The molecule has 5 nitrogen and oxygen atoms in total. The summed E-state index contributed by atoms with van der Waals surface area (Å²) in [5, 5.41) is 8.80. The summed E-state index contributed by atoms with van der Waals surface area (Å²) >= 11 is 6.26. The Hall–Kier alpha value is -2.41. The van der Waals surface area contributed by atoms with Crippen molar-refractivity contribution >= 4 is 34.0 Å². The van der Waals surface area contributed by atoms with Gasteiger partial charge in [-0.1, -0.05) is 11.6 Å². The van der Waals surface area contributed by atoms with Crippen molar-refractivity contribution in [2.24, 2.45) is 0 Å². The molecule has 0 atom stereocenters. The van der Waals surface area contributed by atoms with E-state index in [1.54, 1.807) is 28.0 Å². The van der Waals surface area contributed by atoms with Crippen LogP contribution in [0.2, 0.25) is 5.02 Å². The summed E-state index contributed by atoms with van der Waals surface area (Å²) in [6.45, 7) is -0.547. The Morgan fingerprint density at radius 3 is 2.75 bits per heavy atom. The molecule has 1 aliphatic rings. The number of nitrogens with zero attached hydrogens (tertiary/aromatic N) is 4. The van der Waals surface area contributed by atoms with Gasteiger partial charge in [0.2, 0.25) is 0 Å². The van der Waals surface area contributed by atoms with E-state index in [4.69, 9.17) is 11.6 Å². The summed E-state index contributed by atoms with van der Waals surface area (Å²) in [5.74, 6) is -2.61. The van der Waals surface area contributed by atoms with E-state index in [1.807, 2.05) is 25.2 Å². The molecule has 1 saturated heterocycles. The lowest BCUT2D eigenvalue weighted by Gasteiger charge is -2.40. The predicted octanol–water partition coefficient (Wildman–Crippen LogP) is 3.57. The smallest absolute Gasteiger partial charge is 0.282 e. The number of nitrogens with one attached hydrogen (secondary N) is 1. The van der Waals surface area contributed by atoms with Crippen molar-refractivity contribution in [3.8, 4) is 5.69 Å². The fourth-order valence-electron chi connectivity index (χ4n) is 2.74. The molecule has 3 aromatic rings. The van der Waals surface area contributed by atoms with E-state index in [2.05, 4.69) is 15.4 Å². The second-order valence-corrected chi connectivity index (χ2v) is 6.22. The lowest BCUT2D eigenvalue weighted by molar-refractivity contribution is -0.0262. The number of alkyl halides is 2. The highest BCUT2D eigenvalue weighted by atomic mass is 35.5. The third-order valence-electron chi connectivity index (χ3n) is 4.04. The van der Waals surface area contributed by atoms with Gasteiger partial charge in [-0.15, -0.1) is 5.10 Å². The average molecular weight is 350 g/mol. The molecule has 4 rings (SSSR count). The first-order valence-electron chi connectivity index (χ1n) is 7.41. The van der Waals surface area contributed by atoms with Crippen LogP contribution in [0.3, 0.4) is 0 Å². The van der Waals surface area contributed by atoms with Gasteiger partial charge in [0.25, 0.3) is 5.92 Å². The van der Waals surface area contributed by atoms with Crippen LogP contribution in [0.5, 0.6) is 0 Å². The van der Waals surface area contributed by atoms with Crippen LogP contribution in [-0.4, -0.2) is 40.8 Å². The molecule has 0 unspecified atom stereocenters. The Bertz CT molecular complexity index is 916. The van der Waals surface area contributed by atoms with Crippen molar-refractivity contribution in [1.29, 1.82) is 0 Å². The molecular weight excluding hydrogens is 336 g/mol. The van der Waals surface area contributed by atoms with E-state index in [0.717, 1.165) is 16.8 Å². The summed E-state index contributed by atoms with van der Waals surface area (Å²) in [7, 11) is 1.82. The summed E-state index contributed by atoms with van der Waals surface area (Å²) in [6.07, 6.45) is 3.37. The first-order chi connectivity index (χ1) is 11.4. The van der Waals surface area contributed by atoms with Crippen molar-refractivity contribution in [3.63, 3.8) is 0 Å². The molecule has 1 aromatic carbocycles. The number of fused-ring (bicyclic) bond motifs is 1. The third-order valence-corrected chi connectivity index (χ3v) is 4.36. The van der Waals surface area contributed by atoms with Gasteiger partial charge in [0, 0.05) is 24.3 Å². The summed E-state index contributed by atoms with van der Waals surface area (Å²) < 4.78 is 27.7. The number of halogens is 3. The number of rotatable bonds is 3. The van der Waals surface area contributed by atoms with Crippen molar-refractivity contribution in [2.45, 2.75) is 5.92 Å². The Balaban J connectivity index is 1.71. The molecule has 1 N–H and O–H groups in total. The highest BCUT2D eigenvalue weighted by Crippen LogP contribution is 2.33. The van der Waals surface area contributed by atoms with Crippen molar-refractivity contribution in [1.82, 2.24) is 14.8 Å². The first kappa shape index (κ1) is 15.1. The van der Waals surface area contributed by atoms with E-state index < -0.39 is 5.92 Å². The standard InChI is InChI=1S/C16H14ClF2N5/c1-20-11-2-3-13(17)14(5-11)24-7-10-4-12(6-21-15(10)22-24)23-8-16(18,19)9-23/h2-7,20H,8-9H2,1H3. The van der Waals surface area contributed by atoms with Crippen LogP contribution in [0.4, 0.5) is 20.2 Å². The number of hydrogen-bond acceptors (Lipinski definition) is 4. The highest BCUT2D eigenvalue weighted by molar-refractivity contribution is 6.32. The van der Waals surface area contributed by atoms with E-state index in [-0.39, 0.29) is 13.1 Å². The van der Waals surface area contributed by atoms with E-state index in [1.165, 1.54) is 0 Å². The summed E-state index contributed by atoms with van der Waals surface area (Å²) in [4.78, 5) is 5.87. The zero-order valence-corrected chi connectivity index (χ0v) is 13.6. The van der Waals surface area contributed by atoms with Crippen LogP contribution in [0.25, 0.3) is 16.7 Å². The molecule has 0 radical (unpaired) electrons. The van der Waals surface area contributed by atoms with Gasteiger partial charge in [-0.3, -0.25) is 0 Å². The molecule has 1 aliphatic heterocycles. The Morgan fingerprint density at radius 1 is 1.25 bits per heavy atom. The van der Waals surface area contributed by atoms with Crippen LogP contribution >= 0.6 is 11.6 Å². The predicted molar refractivity (Wildman–Crippen MR) is 90.6 cm³/mol. The second kappa shape index (κ2) is 5.31. The number of benzene rings is 1. The molecule has 2 aromatic heterocycles. The minimum absolute atomic E-state index is 0.273. The van der Waals surface area contributed by atoms with Gasteiger partial charge in [-0.05, 0) is 24.3 Å². The van der Waals surface area contributed by atoms with Crippen molar-refractivity contribution in [3.05, 3.63) is 41.7 Å². The van der Waals surface area contributed by atoms with Gasteiger partial charge in [-0.25, -0.2) is 18.4 Å². The summed E-state index contributed by atoms with van der Waals surface area (Å²) in [5.41, 5.74) is 2.84. The number of hydrogen-bond donors (Lipinski definition) is 1. The molecule has 0 bridgehead atoms. The molecular formula is C16H14ClF2N5. The average Bonchev–Trinajstić information content (AvgIpc) is 2.95. The first-order valence-corrected chi connectivity index (χ1v) is 7.79. The molecule has 3 heterocycles. The van der Waals surface area contributed by atoms with Crippen LogP contribution in [0.1, 0.15) is 0 Å². The monoisotopic (exact) mass is 349 g/mol. The van der Waals surface area contributed by atoms with Gasteiger partial charge >= 0.3 is 0 Å². The normalized spacial score (nSPS) is 16.2. The summed E-state index contributed by atoms with van der Waals surface area (Å²) in [6, 6.07) is 7.35. The van der Waals surface area contributed by atoms with Crippen LogP contribution in [0.15, 0.2) is 36.7 Å². The minimum Gasteiger partial charge on any atom is -0.388 e. The molecule has 0 amide bonds. The molecule has 0 spiro atoms. The third kappa shape index (κ3) is 2.54. The van der Waals surface area contributed by atoms with Crippen molar-refractivity contribution in [2.75, 3.05) is 30.4 Å². The maximum atomic E-state index is 13.0. The van der Waals surface area contributed by atoms with Gasteiger partial charge < -0.3 is 10.2 Å². The molecule has 8 heteroatoms. The van der Waals surface area contributed by atoms with Gasteiger partial charge in [0.15, 0.2) is 5.65 Å². The van der Waals surface area contributed by atoms with E-state index >= 15 is 0 Å². The fraction of sp³-hybridized carbons (Fsp3) is 0.250. The zero-order chi connectivity index (χ0) is 16.9. The van der Waals surface area contributed by atoms with Crippen LogP contribution in [-0.2, 0) is 0 Å². The number of pyridine rings is 1. The maximum absolute atomic E-state index is 13.0. The van der Waals surface area contributed by atoms with E-state index in [0.29, 0.717) is 16.4 Å². The van der Waals surface area contributed by atoms with Crippen molar-refractivity contribution < 1.29 is 8.78 Å². The van der Waals surface area contributed by atoms with E-state index in [9.17, 15) is 8.78 Å².